The van der Waals surface area contributed by atoms with Gasteiger partial charge in [-0.25, -0.2) is 0 Å². The summed E-state index contributed by atoms with van der Waals surface area (Å²) in [6.45, 7) is 5.53. The van der Waals surface area contributed by atoms with Gasteiger partial charge in [0.05, 0.1) is 7.11 Å². The number of hydrogen-bond donors (Lipinski definition) is 1. The standard InChI is InChI=1S/C13H19NO/c1-9-4-5-13(15-3)11(6-9)12-7-10(2)8-14-12/h4-6,10,12,14H,7-8H2,1-3H3/t10-,12-/m1/s1. The highest BCUT2D eigenvalue weighted by molar-refractivity contribution is 5.39. The first kappa shape index (κ1) is 10.5. The van der Waals surface area contributed by atoms with Gasteiger partial charge in [0.15, 0.2) is 0 Å². The van der Waals surface area contributed by atoms with Gasteiger partial charge in [0.1, 0.15) is 5.75 Å². The Balaban J connectivity index is 2.29. The second-order valence-corrected chi connectivity index (χ2v) is 4.55. The van der Waals surface area contributed by atoms with E-state index in [2.05, 4.69) is 37.4 Å². The number of aryl methyl sites for hydroxylation is 1. The minimum Gasteiger partial charge on any atom is -0.496 e. The summed E-state index contributed by atoms with van der Waals surface area (Å²) < 4.78 is 5.41. The monoisotopic (exact) mass is 205 g/mol. The Morgan fingerprint density at radius 2 is 2.20 bits per heavy atom. The molecule has 2 nitrogen and oxygen atoms in total. The maximum atomic E-state index is 5.41. The lowest BCUT2D eigenvalue weighted by Gasteiger charge is -2.15. The van der Waals surface area contributed by atoms with Crippen LogP contribution in [0.4, 0.5) is 0 Å². The van der Waals surface area contributed by atoms with Crippen molar-refractivity contribution in [2.45, 2.75) is 26.3 Å². The molecule has 1 aliphatic heterocycles. The highest BCUT2D eigenvalue weighted by Gasteiger charge is 2.24. The van der Waals surface area contributed by atoms with E-state index in [-0.39, 0.29) is 0 Å². The van der Waals surface area contributed by atoms with E-state index in [1.807, 2.05) is 0 Å². The molecular formula is C13H19NO. The first-order valence-corrected chi connectivity index (χ1v) is 5.58. The Kier molecular flexibility index (Phi) is 2.96. The second-order valence-electron chi connectivity index (χ2n) is 4.55. The Bertz CT molecular complexity index is 348. The van der Waals surface area contributed by atoms with Gasteiger partial charge in [0.25, 0.3) is 0 Å². The van der Waals surface area contributed by atoms with Crippen LogP contribution in [0.5, 0.6) is 5.75 Å². The van der Waals surface area contributed by atoms with E-state index in [9.17, 15) is 0 Å². The predicted molar refractivity (Wildman–Crippen MR) is 62.3 cm³/mol. The van der Waals surface area contributed by atoms with Gasteiger partial charge in [0.2, 0.25) is 0 Å². The lowest BCUT2D eigenvalue weighted by molar-refractivity contribution is 0.402. The molecule has 0 amide bonds. The molecule has 82 valence electrons. The minimum absolute atomic E-state index is 0.467. The number of hydrogen-bond acceptors (Lipinski definition) is 2. The van der Waals surface area contributed by atoms with Crippen LogP contribution in [0.3, 0.4) is 0 Å². The van der Waals surface area contributed by atoms with Crippen molar-refractivity contribution >= 4 is 0 Å². The van der Waals surface area contributed by atoms with Gasteiger partial charge in [-0.3, -0.25) is 0 Å². The molecule has 2 rings (SSSR count). The smallest absolute Gasteiger partial charge is 0.123 e. The normalized spacial score (nSPS) is 25.5. The fourth-order valence-corrected chi connectivity index (χ4v) is 2.28. The maximum absolute atomic E-state index is 5.41. The molecule has 1 aliphatic rings. The molecule has 0 radical (unpaired) electrons. The van der Waals surface area contributed by atoms with Crippen LogP contribution in [-0.4, -0.2) is 13.7 Å². The summed E-state index contributed by atoms with van der Waals surface area (Å²) in [6, 6.07) is 6.86. The average Bonchev–Trinajstić information content (AvgIpc) is 2.65. The second kappa shape index (κ2) is 4.23. The quantitative estimate of drug-likeness (QED) is 0.801. The van der Waals surface area contributed by atoms with Crippen LogP contribution in [0.2, 0.25) is 0 Å². The molecule has 0 aliphatic carbocycles. The van der Waals surface area contributed by atoms with Crippen LogP contribution in [0.25, 0.3) is 0 Å². The fourth-order valence-electron chi connectivity index (χ4n) is 2.28. The first-order valence-electron chi connectivity index (χ1n) is 5.58. The van der Waals surface area contributed by atoms with Gasteiger partial charge in [0, 0.05) is 11.6 Å². The molecule has 1 N–H and O–H groups in total. The molecule has 0 spiro atoms. The molecule has 1 aromatic rings. The summed E-state index contributed by atoms with van der Waals surface area (Å²) in [5.41, 5.74) is 2.61. The molecule has 1 aromatic carbocycles. The van der Waals surface area contributed by atoms with Gasteiger partial charge in [-0.15, -0.1) is 0 Å². The summed E-state index contributed by atoms with van der Waals surface area (Å²) >= 11 is 0. The van der Waals surface area contributed by atoms with Crippen LogP contribution in [-0.2, 0) is 0 Å². The molecule has 2 heteroatoms. The molecule has 0 unspecified atom stereocenters. The molecule has 15 heavy (non-hydrogen) atoms. The lowest BCUT2D eigenvalue weighted by Crippen LogP contribution is -2.14. The molecule has 0 saturated carbocycles. The predicted octanol–water partition coefficient (Wildman–Crippen LogP) is 2.67. The third-order valence-corrected chi connectivity index (χ3v) is 3.11. The molecule has 1 heterocycles. The number of rotatable bonds is 2. The SMILES string of the molecule is COc1ccc(C)cc1[C@H]1C[C@@H](C)CN1. The van der Waals surface area contributed by atoms with Crippen molar-refractivity contribution in [1.29, 1.82) is 0 Å². The van der Waals surface area contributed by atoms with Gasteiger partial charge in [-0.1, -0.05) is 24.6 Å². The number of ether oxygens (including phenoxy) is 1. The molecular weight excluding hydrogens is 186 g/mol. The third-order valence-electron chi connectivity index (χ3n) is 3.11. The Hall–Kier alpha value is -1.02. The van der Waals surface area contributed by atoms with Crippen molar-refractivity contribution in [3.63, 3.8) is 0 Å². The molecule has 1 saturated heterocycles. The van der Waals surface area contributed by atoms with Gasteiger partial charge in [-0.05, 0) is 31.9 Å². The van der Waals surface area contributed by atoms with Crippen LogP contribution in [0, 0.1) is 12.8 Å². The topological polar surface area (TPSA) is 21.3 Å². The van der Waals surface area contributed by atoms with E-state index in [1.54, 1.807) is 7.11 Å². The number of benzene rings is 1. The van der Waals surface area contributed by atoms with Crippen molar-refractivity contribution < 1.29 is 4.74 Å². The van der Waals surface area contributed by atoms with E-state index in [4.69, 9.17) is 4.74 Å². The zero-order valence-electron chi connectivity index (χ0n) is 9.71. The van der Waals surface area contributed by atoms with E-state index in [0.717, 1.165) is 18.2 Å². The third kappa shape index (κ3) is 2.15. The van der Waals surface area contributed by atoms with Crippen LogP contribution < -0.4 is 10.1 Å². The van der Waals surface area contributed by atoms with Crippen LogP contribution in [0.15, 0.2) is 18.2 Å². The average molecular weight is 205 g/mol. The summed E-state index contributed by atoms with van der Waals surface area (Å²) in [4.78, 5) is 0. The van der Waals surface area contributed by atoms with Crippen molar-refractivity contribution in [1.82, 2.24) is 5.32 Å². The Labute approximate surface area is 91.6 Å². The van der Waals surface area contributed by atoms with Crippen LogP contribution in [0.1, 0.15) is 30.5 Å². The molecule has 0 bridgehead atoms. The summed E-state index contributed by atoms with van der Waals surface area (Å²) in [5, 5.41) is 3.54. The van der Waals surface area contributed by atoms with Crippen molar-refractivity contribution in [2.24, 2.45) is 5.92 Å². The van der Waals surface area contributed by atoms with Gasteiger partial charge >= 0.3 is 0 Å². The highest BCUT2D eigenvalue weighted by atomic mass is 16.5. The van der Waals surface area contributed by atoms with E-state index in [0.29, 0.717) is 6.04 Å². The molecule has 1 fully saturated rings. The molecule has 2 atom stereocenters. The van der Waals surface area contributed by atoms with Crippen LogP contribution >= 0.6 is 0 Å². The van der Waals surface area contributed by atoms with E-state index < -0.39 is 0 Å². The Morgan fingerprint density at radius 1 is 1.40 bits per heavy atom. The fraction of sp³-hybridized carbons (Fsp3) is 0.538. The molecule has 0 aromatic heterocycles. The van der Waals surface area contributed by atoms with Crippen molar-refractivity contribution in [3.05, 3.63) is 29.3 Å². The lowest BCUT2D eigenvalue weighted by atomic mass is 9.99. The summed E-state index contributed by atoms with van der Waals surface area (Å²) in [6.07, 6.45) is 1.21. The highest BCUT2D eigenvalue weighted by Crippen LogP contribution is 2.33. The van der Waals surface area contributed by atoms with Crippen molar-refractivity contribution in [2.75, 3.05) is 13.7 Å². The first-order chi connectivity index (χ1) is 7.20. The zero-order valence-corrected chi connectivity index (χ0v) is 9.71. The number of methoxy groups -OCH3 is 1. The zero-order chi connectivity index (χ0) is 10.8. The van der Waals surface area contributed by atoms with Gasteiger partial charge in [-0.2, -0.15) is 0 Å². The maximum Gasteiger partial charge on any atom is 0.123 e. The summed E-state index contributed by atoms with van der Waals surface area (Å²) in [7, 11) is 1.74. The van der Waals surface area contributed by atoms with E-state index >= 15 is 0 Å². The number of nitrogens with one attached hydrogen (secondary N) is 1. The summed E-state index contributed by atoms with van der Waals surface area (Å²) in [5.74, 6) is 1.77. The van der Waals surface area contributed by atoms with Crippen molar-refractivity contribution in [3.8, 4) is 5.75 Å². The Morgan fingerprint density at radius 3 is 2.80 bits per heavy atom. The largest absolute Gasteiger partial charge is 0.496 e. The minimum atomic E-state index is 0.467. The van der Waals surface area contributed by atoms with Gasteiger partial charge < -0.3 is 10.1 Å². The van der Waals surface area contributed by atoms with E-state index in [1.165, 1.54) is 17.5 Å².